The zero-order chi connectivity index (χ0) is 29.9. The van der Waals surface area contributed by atoms with Crippen molar-refractivity contribution in [1.82, 2.24) is 15.4 Å². The number of halogens is 4. The third-order valence-electron chi connectivity index (χ3n) is 6.80. The molecule has 2 amide bonds. The summed E-state index contributed by atoms with van der Waals surface area (Å²) in [5, 5.41) is 16.4. The van der Waals surface area contributed by atoms with Gasteiger partial charge in [0.15, 0.2) is 12.2 Å². The Balaban J connectivity index is 1.75. The first kappa shape index (κ1) is 30.9. The first-order valence-corrected chi connectivity index (χ1v) is 13.7. The summed E-state index contributed by atoms with van der Waals surface area (Å²) in [6.45, 7) is 4.67. The fourth-order valence-electron chi connectivity index (χ4n) is 4.81. The zero-order valence-electron chi connectivity index (χ0n) is 23.0. The minimum absolute atomic E-state index is 0.0544. The number of hydrogen-bond donors (Lipinski definition) is 2. The summed E-state index contributed by atoms with van der Waals surface area (Å²) in [7, 11) is 0. The van der Waals surface area contributed by atoms with Gasteiger partial charge in [-0.05, 0) is 57.9 Å². The van der Waals surface area contributed by atoms with Crippen molar-refractivity contribution in [3.8, 4) is 0 Å². The second-order valence-electron chi connectivity index (χ2n) is 11.1. The average Bonchev–Trinajstić information content (AvgIpc) is 3.38. The molecule has 224 valence electrons. The van der Waals surface area contributed by atoms with Gasteiger partial charge < -0.3 is 14.8 Å². The molecular formula is C28H34ClF3N4O5. The number of hydrogen-bond acceptors (Lipinski definition) is 7. The smallest absolute Gasteiger partial charge is 0.413 e. The molecule has 0 spiro atoms. The molecule has 1 saturated carbocycles. The Hall–Kier alpha value is -3.06. The number of carbonyl (C=O) groups excluding carboxylic acids is 2. The predicted octanol–water partition coefficient (Wildman–Crippen LogP) is 5.88. The molecule has 1 saturated heterocycles. The quantitative estimate of drug-likeness (QED) is 0.385. The number of nitrogens with zero attached hydrogens (tertiary/aromatic N) is 3. The average molecular weight is 599 g/mol. The minimum atomic E-state index is -2.80. The maximum atomic E-state index is 14.5. The highest BCUT2D eigenvalue weighted by atomic mass is 35.5. The van der Waals surface area contributed by atoms with Crippen molar-refractivity contribution in [3.63, 3.8) is 0 Å². The van der Waals surface area contributed by atoms with Crippen molar-refractivity contribution in [2.24, 2.45) is 0 Å². The number of nitrogens with one attached hydrogen (secondary N) is 1. The van der Waals surface area contributed by atoms with Gasteiger partial charge in [-0.1, -0.05) is 41.0 Å². The van der Waals surface area contributed by atoms with Crippen LogP contribution < -0.4 is 10.3 Å². The standard InChI is InChI=1S/C28H34ClF3N4O5/c1-27(2,3)41-26(38)34-17-40-16-23(34)36(39)35(20-8-6-7-18(30)15-20)24(21-9-4-5-10-22(21)29)25(37)33-19-11-13-28(31,32)14-12-19/h4-10,15,19,23-24,39H,11-14,16-17H2,1-3H3,(H,33,37)/t23-,24+/m1/s1. The Morgan fingerprint density at radius 1 is 1.17 bits per heavy atom. The molecule has 2 aromatic rings. The van der Waals surface area contributed by atoms with Crippen LogP contribution in [0.4, 0.5) is 23.7 Å². The van der Waals surface area contributed by atoms with Crippen molar-refractivity contribution >= 4 is 29.3 Å². The van der Waals surface area contributed by atoms with Gasteiger partial charge in [-0.2, -0.15) is 0 Å². The van der Waals surface area contributed by atoms with Crippen LogP contribution >= 0.6 is 11.6 Å². The molecule has 41 heavy (non-hydrogen) atoms. The second-order valence-corrected chi connectivity index (χ2v) is 11.5. The van der Waals surface area contributed by atoms with Crippen molar-refractivity contribution in [1.29, 1.82) is 0 Å². The van der Waals surface area contributed by atoms with Gasteiger partial charge in [-0.3, -0.25) is 19.9 Å². The summed E-state index contributed by atoms with van der Waals surface area (Å²) < 4.78 is 53.0. The van der Waals surface area contributed by atoms with Gasteiger partial charge in [0, 0.05) is 29.5 Å². The number of amides is 2. The van der Waals surface area contributed by atoms with E-state index >= 15 is 0 Å². The summed E-state index contributed by atoms with van der Waals surface area (Å²) in [6.07, 6.45) is -2.60. The summed E-state index contributed by atoms with van der Waals surface area (Å²) >= 11 is 6.53. The number of benzene rings is 2. The van der Waals surface area contributed by atoms with Crippen LogP contribution in [0.2, 0.25) is 5.02 Å². The van der Waals surface area contributed by atoms with Crippen LogP contribution in [0.1, 0.15) is 58.1 Å². The van der Waals surface area contributed by atoms with Crippen LogP contribution in [0.3, 0.4) is 0 Å². The van der Waals surface area contributed by atoms with Crippen molar-refractivity contribution in [3.05, 3.63) is 64.9 Å². The largest absolute Gasteiger partial charge is 0.444 e. The molecule has 0 aromatic heterocycles. The molecule has 0 radical (unpaired) electrons. The molecule has 2 N–H and O–H groups in total. The molecule has 2 aromatic carbocycles. The molecule has 1 aliphatic heterocycles. The van der Waals surface area contributed by atoms with E-state index in [4.69, 9.17) is 21.1 Å². The molecule has 2 aliphatic rings. The van der Waals surface area contributed by atoms with Gasteiger partial charge in [0.25, 0.3) is 0 Å². The molecular weight excluding hydrogens is 565 g/mol. The predicted molar refractivity (Wildman–Crippen MR) is 145 cm³/mol. The van der Waals surface area contributed by atoms with E-state index in [1.807, 2.05) is 0 Å². The first-order valence-electron chi connectivity index (χ1n) is 13.3. The maximum absolute atomic E-state index is 14.5. The van der Waals surface area contributed by atoms with Crippen molar-refractivity contribution < 1.29 is 37.4 Å². The third kappa shape index (κ3) is 7.62. The number of ether oxygens (including phenoxy) is 2. The summed E-state index contributed by atoms with van der Waals surface area (Å²) in [5.74, 6) is -4.12. The van der Waals surface area contributed by atoms with E-state index < -0.39 is 47.6 Å². The fourth-order valence-corrected chi connectivity index (χ4v) is 5.05. The molecule has 13 heteroatoms. The van der Waals surface area contributed by atoms with Gasteiger partial charge in [-0.15, -0.1) is 0 Å². The number of carbonyl (C=O) groups is 2. The van der Waals surface area contributed by atoms with Gasteiger partial charge >= 0.3 is 6.09 Å². The number of alkyl halides is 2. The Morgan fingerprint density at radius 3 is 2.49 bits per heavy atom. The molecule has 2 atom stereocenters. The Kier molecular flexibility index (Phi) is 9.37. The van der Waals surface area contributed by atoms with Crippen LogP contribution in [0.15, 0.2) is 48.5 Å². The third-order valence-corrected chi connectivity index (χ3v) is 7.15. The van der Waals surface area contributed by atoms with E-state index in [0.717, 1.165) is 16.0 Å². The lowest BCUT2D eigenvalue weighted by atomic mass is 9.91. The zero-order valence-corrected chi connectivity index (χ0v) is 23.8. The number of anilines is 1. The Morgan fingerprint density at radius 2 is 1.85 bits per heavy atom. The van der Waals surface area contributed by atoms with E-state index in [0.29, 0.717) is 5.17 Å². The molecule has 9 nitrogen and oxygen atoms in total. The first-order chi connectivity index (χ1) is 19.3. The number of hydrazine groups is 1. The van der Waals surface area contributed by atoms with Crippen LogP contribution in [-0.4, -0.2) is 64.3 Å². The lowest BCUT2D eigenvalue weighted by molar-refractivity contribution is -0.174. The lowest BCUT2D eigenvalue weighted by Crippen LogP contribution is -2.59. The van der Waals surface area contributed by atoms with Crippen molar-refractivity contribution in [2.45, 2.75) is 76.2 Å². The lowest BCUT2D eigenvalue weighted by Gasteiger charge is -2.42. The van der Waals surface area contributed by atoms with E-state index in [2.05, 4.69) is 5.32 Å². The number of rotatable bonds is 7. The normalized spacial score (nSPS) is 20.1. The van der Waals surface area contributed by atoms with Gasteiger partial charge in [-0.25, -0.2) is 18.0 Å². The molecule has 1 heterocycles. The van der Waals surface area contributed by atoms with E-state index in [1.54, 1.807) is 45.0 Å². The Labute approximate surface area is 241 Å². The van der Waals surface area contributed by atoms with E-state index in [-0.39, 0.29) is 55.3 Å². The van der Waals surface area contributed by atoms with E-state index in [9.17, 15) is 28.0 Å². The summed E-state index contributed by atoms with van der Waals surface area (Å²) in [6, 6.07) is 9.62. The maximum Gasteiger partial charge on any atom is 0.413 e. The van der Waals surface area contributed by atoms with Gasteiger partial charge in [0.2, 0.25) is 11.8 Å². The molecule has 2 fully saturated rings. The highest BCUT2D eigenvalue weighted by Gasteiger charge is 2.44. The molecule has 0 unspecified atom stereocenters. The summed E-state index contributed by atoms with van der Waals surface area (Å²) in [4.78, 5) is 28.1. The molecule has 4 rings (SSSR count). The molecule has 0 bridgehead atoms. The van der Waals surface area contributed by atoms with Gasteiger partial charge in [0.05, 0.1) is 12.3 Å². The monoisotopic (exact) mass is 598 g/mol. The highest BCUT2D eigenvalue weighted by molar-refractivity contribution is 6.31. The van der Waals surface area contributed by atoms with Crippen LogP contribution in [0.5, 0.6) is 0 Å². The van der Waals surface area contributed by atoms with Crippen LogP contribution in [0, 0.1) is 5.82 Å². The molecule has 1 aliphatic carbocycles. The topological polar surface area (TPSA) is 94.6 Å². The SMILES string of the molecule is CC(C)(C)OC(=O)N1COC[C@H]1N(O)N(c1cccc(F)c1)[C@H](C(=O)NC1CCC(F)(F)CC1)c1ccccc1Cl. The Bertz CT molecular complexity index is 1240. The minimum Gasteiger partial charge on any atom is -0.444 e. The van der Waals surface area contributed by atoms with Gasteiger partial charge in [0.1, 0.15) is 18.1 Å². The van der Waals surface area contributed by atoms with Crippen LogP contribution in [0.25, 0.3) is 0 Å². The fraction of sp³-hybridized carbons (Fsp3) is 0.500. The summed E-state index contributed by atoms with van der Waals surface area (Å²) in [5.41, 5.74) is -0.540. The second kappa shape index (κ2) is 12.4. The van der Waals surface area contributed by atoms with Crippen LogP contribution in [-0.2, 0) is 14.3 Å². The van der Waals surface area contributed by atoms with Crippen molar-refractivity contribution in [2.75, 3.05) is 18.3 Å². The van der Waals surface area contributed by atoms with E-state index in [1.165, 1.54) is 18.2 Å². The highest BCUT2D eigenvalue weighted by Crippen LogP contribution is 2.37. The number of hydroxylamine groups is 1.